The molecule has 1 N–H and O–H groups in total. The lowest BCUT2D eigenvalue weighted by Crippen LogP contribution is -2.06. The van der Waals surface area contributed by atoms with Gasteiger partial charge in [0.15, 0.2) is 0 Å². The number of rotatable bonds is 4. The summed E-state index contributed by atoms with van der Waals surface area (Å²) >= 11 is 0. The number of benzene rings is 1. The van der Waals surface area contributed by atoms with Gasteiger partial charge in [0.1, 0.15) is 5.82 Å². The van der Waals surface area contributed by atoms with E-state index in [0.717, 1.165) is 12.1 Å². The second-order valence-electron chi connectivity index (χ2n) is 6.36. The molecule has 5 nitrogen and oxygen atoms in total. The summed E-state index contributed by atoms with van der Waals surface area (Å²) in [5.41, 5.74) is 1.13. The predicted molar refractivity (Wildman–Crippen MR) is 92.3 cm³/mol. The van der Waals surface area contributed by atoms with E-state index in [1.807, 2.05) is 0 Å². The zero-order valence-electron chi connectivity index (χ0n) is 14.9. The lowest BCUT2D eigenvalue weighted by atomic mass is 10.0. The number of hydrogen-bond acceptors (Lipinski definition) is 3. The maximum atomic E-state index is 13.6. The highest BCUT2D eigenvalue weighted by atomic mass is 19.4. The molecule has 0 bridgehead atoms. The number of alkyl halides is 3. The number of aromatic nitrogens is 3. The van der Waals surface area contributed by atoms with Gasteiger partial charge in [-0.2, -0.15) is 18.3 Å². The van der Waals surface area contributed by atoms with E-state index in [1.165, 1.54) is 10.9 Å². The summed E-state index contributed by atoms with van der Waals surface area (Å²) < 4.78 is 53.7. The summed E-state index contributed by atoms with van der Waals surface area (Å²) in [5.74, 6) is -2.06. The van der Waals surface area contributed by atoms with Gasteiger partial charge in [-0.05, 0) is 48.4 Å². The first kappa shape index (κ1) is 19.5. The van der Waals surface area contributed by atoms with Crippen molar-refractivity contribution in [3.8, 4) is 11.4 Å². The second-order valence-corrected chi connectivity index (χ2v) is 6.36. The molecule has 3 rings (SSSR count). The quantitative estimate of drug-likeness (QED) is 0.674. The van der Waals surface area contributed by atoms with Crippen LogP contribution in [0.25, 0.3) is 11.4 Å². The molecule has 0 fully saturated rings. The highest BCUT2D eigenvalue weighted by molar-refractivity contribution is 5.89. The minimum atomic E-state index is -4.64. The van der Waals surface area contributed by atoms with E-state index in [1.54, 1.807) is 26.1 Å². The fraction of sp³-hybridized carbons (Fsp3) is 0.211. The first-order chi connectivity index (χ1) is 13.0. The average Bonchev–Trinajstić information content (AvgIpc) is 2.93. The zero-order valence-corrected chi connectivity index (χ0v) is 14.9. The third-order valence-electron chi connectivity index (χ3n) is 4.20. The van der Waals surface area contributed by atoms with Crippen molar-refractivity contribution in [2.75, 3.05) is 0 Å². The van der Waals surface area contributed by atoms with Crippen molar-refractivity contribution in [3.05, 3.63) is 70.3 Å². The summed E-state index contributed by atoms with van der Waals surface area (Å²) in [5, 5.41) is 13.3. The molecule has 9 heteroatoms. The highest BCUT2D eigenvalue weighted by Crippen LogP contribution is 2.31. The summed E-state index contributed by atoms with van der Waals surface area (Å²) in [6.45, 7) is 1.64. The van der Waals surface area contributed by atoms with E-state index in [9.17, 15) is 22.4 Å². The third-order valence-corrected chi connectivity index (χ3v) is 4.20. The van der Waals surface area contributed by atoms with Crippen molar-refractivity contribution in [2.24, 2.45) is 7.05 Å². The Morgan fingerprint density at radius 1 is 1.18 bits per heavy atom. The molecule has 0 amide bonds. The van der Waals surface area contributed by atoms with Gasteiger partial charge in [-0.1, -0.05) is 0 Å². The number of carboxylic acid groups (broad SMARTS) is 1. The molecule has 146 valence electrons. The molecule has 2 heterocycles. The van der Waals surface area contributed by atoms with Crippen molar-refractivity contribution in [3.63, 3.8) is 0 Å². The number of aromatic carboxylic acids is 1. The first-order valence-corrected chi connectivity index (χ1v) is 8.14. The van der Waals surface area contributed by atoms with Gasteiger partial charge in [0.2, 0.25) is 0 Å². The van der Waals surface area contributed by atoms with Crippen LogP contribution in [0.2, 0.25) is 0 Å². The molecular formula is C19H15F4N3O2. The Kier molecular flexibility index (Phi) is 4.93. The Hall–Kier alpha value is -3.23. The van der Waals surface area contributed by atoms with Crippen LogP contribution < -0.4 is 0 Å². The van der Waals surface area contributed by atoms with Gasteiger partial charge in [-0.15, -0.1) is 0 Å². The fourth-order valence-electron chi connectivity index (χ4n) is 2.90. The van der Waals surface area contributed by atoms with Crippen molar-refractivity contribution >= 4 is 5.97 Å². The summed E-state index contributed by atoms with van der Waals surface area (Å²) in [6, 6.07) is 5.59. The number of halogens is 4. The summed E-state index contributed by atoms with van der Waals surface area (Å²) in [6.07, 6.45) is -3.40. The van der Waals surface area contributed by atoms with E-state index in [-0.39, 0.29) is 17.5 Å². The maximum absolute atomic E-state index is 13.6. The number of nitrogens with zero attached hydrogens (tertiary/aromatic N) is 3. The largest absolute Gasteiger partial charge is 0.478 e. The molecule has 0 saturated carbocycles. The van der Waals surface area contributed by atoms with Gasteiger partial charge in [0.05, 0.1) is 28.2 Å². The van der Waals surface area contributed by atoms with Crippen LogP contribution in [0.3, 0.4) is 0 Å². The average molecular weight is 393 g/mol. The Bertz CT molecular complexity index is 1060. The Morgan fingerprint density at radius 2 is 1.89 bits per heavy atom. The topological polar surface area (TPSA) is 68.0 Å². The molecule has 28 heavy (non-hydrogen) atoms. The molecule has 3 aromatic rings. The monoisotopic (exact) mass is 393 g/mol. The fourth-order valence-corrected chi connectivity index (χ4v) is 2.90. The van der Waals surface area contributed by atoms with E-state index < -0.39 is 23.5 Å². The van der Waals surface area contributed by atoms with Gasteiger partial charge in [0.25, 0.3) is 0 Å². The predicted octanol–water partition coefficient (Wildman–Crippen LogP) is 4.24. The lowest BCUT2D eigenvalue weighted by Gasteiger charge is -2.08. The third kappa shape index (κ3) is 4.03. The SMILES string of the molecule is Cc1cc(-c2cc(Cc3cc(F)cc(C(F)(F)F)c3)nn2C)ncc1C(=O)O. The first-order valence-electron chi connectivity index (χ1n) is 8.14. The van der Waals surface area contributed by atoms with Gasteiger partial charge in [-0.3, -0.25) is 9.67 Å². The molecule has 0 unspecified atom stereocenters. The van der Waals surface area contributed by atoms with Gasteiger partial charge in [0, 0.05) is 19.7 Å². The molecule has 0 aliphatic carbocycles. The molecule has 1 aromatic carbocycles. The van der Waals surface area contributed by atoms with Gasteiger partial charge >= 0.3 is 12.1 Å². The molecule has 0 aliphatic rings. The second kappa shape index (κ2) is 7.06. The number of carbonyl (C=O) groups is 1. The van der Waals surface area contributed by atoms with E-state index in [0.29, 0.717) is 28.7 Å². The van der Waals surface area contributed by atoms with Crippen LogP contribution in [-0.2, 0) is 19.6 Å². The van der Waals surface area contributed by atoms with Crippen LogP contribution in [0.4, 0.5) is 17.6 Å². The van der Waals surface area contributed by atoms with Crippen LogP contribution in [0.15, 0.2) is 36.5 Å². The summed E-state index contributed by atoms with van der Waals surface area (Å²) in [4.78, 5) is 15.2. The number of aryl methyl sites for hydroxylation is 2. The van der Waals surface area contributed by atoms with Crippen molar-refractivity contribution in [1.29, 1.82) is 0 Å². The van der Waals surface area contributed by atoms with E-state index in [2.05, 4.69) is 10.1 Å². The number of carboxylic acids is 1. The zero-order chi connectivity index (χ0) is 20.6. The standard InChI is InChI=1S/C19H15F4N3O2/c1-10-3-16(24-9-15(10)18(27)28)17-8-14(25-26(17)2)6-11-4-12(19(21,22)23)7-13(20)5-11/h3-5,7-9H,6H2,1-2H3,(H,27,28). The highest BCUT2D eigenvalue weighted by Gasteiger charge is 2.31. The van der Waals surface area contributed by atoms with E-state index >= 15 is 0 Å². The summed E-state index contributed by atoms with van der Waals surface area (Å²) in [7, 11) is 1.63. The van der Waals surface area contributed by atoms with Crippen molar-refractivity contribution < 1.29 is 27.5 Å². The molecule has 0 aliphatic heterocycles. The Balaban J connectivity index is 1.92. The molecule has 0 radical (unpaired) electrons. The van der Waals surface area contributed by atoms with Crippen LogP contribution in [0, 0.1) is 12.7 Å². The van der Waals surface area contributed by atoms with Crippen LogP contribution in [0.5, 0.6) is 0 Å². The molecular weight excluding hydrogens is 378 g/mol. The molecule has 0 spiro atoms. The minimum absolute atomic E-state index is 0.000865. The Morgan fingerprint density at radius 3 is 2.50 bits per heavy atom. The van der Waals surface area contributed by atoms with Crippen LogP contribution in [0.1, 0.15) is 32.7 Å². The number of hydrogen-bond donors (Lipinski definition) is 1. The molecule has 2 aromatic heterocycles. The normalized spacial score (nSPS) is 11.6. The Labute approximate surface area is 157 Å². The van der Waals surface area contributed by atoms with E-state index in [4.69, 9.17) is 5.11 Å². The van der Waals surface area contributed by atoms with Crippen molar-refractivity contribution in [1.82, 2.24) is 14.8 Å². The lowest BCUT2D eigenvalue weighted by molar-refractivity contribution is -0.137. The van der Waals surface area contributed by atoms with Gasteiger partial charge in [-0.25, -0.2) is 9.18 Å². The van der Waals surface area contributed by atoms with Crippen LogP contribution >= 0.6 is 0 Å². The van der Waals surface area contributed by atoms with Gasteiger partial charge < -0.3 is 5.11 Å². The van der Waals surface area contributed by atoms with Crippen LogP contribution in [-0.4, -0.2) is 25.8 Å². The van der Waals surface area contributed by atoms with Crippen molar-refractivity contribution in [2.45, 2.75) is 19.5 Å². The maximum Gasteiger partial charge on any atom is 0.416 e. The number of pyridine rings is 1. The molecule has 0 atom stereocenters. The molecule has 0 saturated heterocycles. The smallest absolute Gasteiger partial charge is 0.416 e. The minimum Gasteiger partial charge on any atom is -0.478 e.